The lowest BCUT2D eigenvalue weighted by Gasteiger charge is -2.06. The summed E-state index contributed by atoms with van der Waals surface area (Å²) in [5.41, 5.74) is 3.09. The van der Waals surface area contributed by atoms with Gasteiger partial charge in [0.25, 0.3) is 0 Å². The summed E-state index contributed by atoms with van der Waals surface area (Å²) in [6.45, 7) is 4.07. The second-order valence-electron chi connectivity index (χ2n) is 3.49. The number of rotatable bonds is 2. The molecule has 0 saturated carbocycles. The maximum absolute atomic E-state index is 5.84. The van der Waals surface area contributed by atoms with Gasteiger partial charge < -0.3 is 0 Å². The quantitative estimate of drug-likeness (QED) is 0.698. The molecule has 2 aromatic carbocycles. The maximum atomic E-state index is 5.84. The highest BCUT2D eigenvalue weighted by atomic mass is 35.5. The molecule has 0 amide bonds. The Labute approximate surface area is 105 Å². The molecule has 2 heteroatoms. The second-order valence-corrected chi connectivity index (χ2v) is 4.37. The van der Waals surface area contributed by atoms with Gasteiger partial charge in [-0.25, -0.2) is 0 Å². The van der Waals surface area contributed by atoms with Crippen LogP contribution in [0.25, 0.3) is 5.57 Å². The van der Waals surface area contributed by atoms with Crippen molar-refractivity contribution < 1.29 is 0 Å². The van der Waals surface area contributed by atoms with Crippen molar-refractivity contribution in [1.29, 1.82) is 0 Å². The van der Waals surface area contributed by atoms with Crippen LogP contribution in [0.3, 0.4) is 0 Å². The summed E-state index contributed by atoms with van der Waals surface area (Å²) in [6.07, 6.45) is 0. The predicted octanol–water partition coefficient (Wildman–Crippen LogP) is 5.05. The van der Waals surface area contributed by atoms with Crippen LogP contribution in [0.5, 0.6) is 0 Å². The van der Waals surface area contributed by atoms with E-state index in [1.165, 1.54) is 0 Å². The molecule has 16 heavy (non-hydrogen) atoms. The molecule has 0 nitrogen and oxygen atoms in total. The van der Waals surface area contributed by atoms with Crippen molar-refractivity contribution in [3.05, 3.63) is 76.3 Å². The van der Waals surface area contributed by atoms with E-state index in [4.69, 9.17) is 23.2 Å². The fourth-order valence-corrected chi connectivity index (χ4v) is 1.72. The van der Waals surface area contributed by atoms with Crippen molar-refractivity contribution in [2.24, 2.45) is 0 Å². The van der Waals surface area contributed by atoms with Gasteiger partial charge >= 0.3 is 0 Å². The summed E-state index contributed by atoms with van der Waals surface area (Å²) in [7, 11) is 0. The molecular formula is C14H10Cl2. The van der Waals surface area contributed by atoms with Gasteiger partial charge in [0.2, 0.25) is 0 Å². The highest BCUT2D eigenvalue weighted by Gasteiger charge is 2.01. The van der Waals surface area contributed by atoms with Crippen LogP contribution in [0.1, 0.15) is 11.1 Å². The average Bonchev–Trinajstić information content (AvgIpc) is 2.30. The van der Waals surface area contributed by atoms with Crippen LogP contribution in [0, 0.1) is 0 Å². The van der Waals surface area contributed by atoms with Crippen molar-refractivity contribution in [2.45, 2.75) is 0 Å². The Hall–Kier alpha value is -1.24. The monoisotopic (exact) mass is 248 g/mol. The van der Waals surface area contributed by atoms with Gasteiger partial charge in [0.05, 0.1) is 0 Å². The van der Waals surface area contributed by atoms with E-state index in [0.29, 0.717) is 0 Å². The molecule has 0 bridgehead atoms. The zero-order valence-electron chi connectivity index (χ0n) is 8.58. The molecule has 0 aliphatic rings. The number of hydrogen-bond acceptors (Lipinski definition) is 0. The van der Waals surface area contributed by atoms with Gasteiger partial charge in [0, 0.05) is 10.0 Å². The lowest BCUT2D eigenvalue weighted by atomic mass is 10.00. The number of hydrogen-bond donors (Lipinski definition) is 0. The Morgan fingerprint density at radius 3 is 1.31 bits per heavy atom. The van der Waals surface area contributed by atoms with E-state index in [1.54, 1.807) is 0 Å². The molecule has 0 N–H and O–H groups in total. The molecule has 80 valence electrons. The highest BCUT2D eigenvalue weighted by molar-refractivity contribution is 6.30. The van der Waals surface area contributed by atoms with Crippen LogP contribution in [-0.4, -0.2) is 0 Å². The van der Waals surface area contributed by atoms with E-state index in [1.807, 2.05) is 48.5 Å². The van der Waals surface area contributed by atoms with Crippen molar-refractivity contribution in [2.75, 3.05) is 0 Å². The molecule has 0 aliphatic carbocycles. The summed E-state index contributed by atoms with van der Waals surface area (Å²) < 4.78 is 0. The highest BCUT2D eigenvalue weighted by Crippen LogP contribution is 2.24. The summed E-state index contributed by atoms with van der Waals surface area (Å²) in [5, 5.41) is 1.46. The van der Waals surface area contributed by atoms with Gasteiger partial charge in [0.15, 0.2) is 0 Å². The summed E-state index contributed by atoms with van der Waals surface area (Å²) in [4.78, 5) is 0. The first-order chi connectivity index (χ1) is 7.66. The van der Waals surface area contributed by atoms with Crippen LogP contribution in [0.15, 0.2) is 55.1 Å². The van der Waals surface area contributed by atoms with Crippen molar-refractivity contribution >= 4 is 28.8 Å². The van der Waals surface area contributed by atoms with Gasteiger partial charge in [-0.2, -0.15) is 0 Å². The summed E-state index contributed by atoms with van der Waals surface area (Å²) in [6, 6.07) is 15.3. The van der Waals surface area contributed by atoms with Gasteiger partial charge in [-0.1, -0.05) is 54.0 Å². The third-order valence-corrected chi connectivity index (χ3v) is 2.89. The van der Waals surface area contributed by atoms with Crippen LogP contribution in [-0.2, 0) is 0 Å². The topological polar surface area (TPSA) is 0 Å². The predicted molar refractivity (Wildman–Crippen MR) is 71.0 cm³/mol. The van der Waals surface area contributed by atoms with Gasteiger partial charge in [-0.3, -0.25) is 0 Å². The van der Waals surface area contributed by atoms with E-state index in [0.717, 1.165) is 26.7 Å². The standard InChI is InChI=1S/C14H10Cl2/c1-10(11-2-6-13(15)7-3-11)12-4-8-14(16)9-5-12/h2-9H,1H2. The molecule has 2 rings (SSSR count). The molecule has 0 aromatic heterocycles. The van der Waals surface area contributed by atoms with Gasteiger partial charge in [-0.05, 0) is 41.0 Å². The lowest BCUT2D eigenvalue weighted by molar-refractivity contribution is 1.56. The van der Waals surface area contributed by atoms with Crippen molar-refractivity contribution in [3.63, 3.8) is 0 Å². The molecule has 0 heterocycles. The van der Waals surface area contributed by atoms with Crippen LogP contribution in [0.4, 0.5) is 0 Å². The minimum Gasteiger partial charge on any atom is -0.0906 e. The first-order valence-electron chi connectivity index (χ1n) is 4.87. The Kier molecular flexibility index (Phi) is 3.33. The van der Waals surface area contributed by atoms with E-state index in [9.17, 15) is 0 Å². The SMILES string of the molecule is C=C(c1ccc(Cl)cc1)c1ccc(Cl)cc1. The van der Waals surface area contributed by atoms with E-state index < -0.39 is 0 Å². The fourth-order valence-electron chi connectivity index (χ4n) is 1.47. The summed E-state index contributed by atoms with van der Waals surface area (Å²) in [5.74, 6) is 0. The number of benzene rings is 2. The minimum atomic E-state index is 0.729. The first kappa shape index (κ1) is 11.3. The first-order valence-corrected chi connectivity index (χ1v) is 5.63. The molecule has 0 saturated heterocycles. The molecule has 0 radical (unpaired) electrons. The smallest absolute Gasteiger partial charge is 0.0406 e. The zero-order valence-corrected chi connectivity index (χ0v) is 10.1. The van der Waals surface area contributed by atoms with Crippen LogP contribution >= 0.6 is 23.2 Å². The third kappa shape index (κ3) is 2.46. The normalized spacial score (nSPS) is 10.1. The molecule has 2 aromatic rings. The maximum Gasteiger partial charge on any atom is 0.0406 e. The van der Waals surface area contributed by atoms with E-state index in [-0.39, 0.29) is 0 Å². The Morgan fingerprint density at radius 2 is 1.00 bits per heavy atom. The van der Waals surface area contributed by atoms with Gasteiger partial charge in [-0.15, -0.1) is 0 Å². The van der Waals surface area contributed by atoms with Gasteiger partial charge in [0.1, 0.15) is 0 Å². The zero-order chi connectivity index (χ0) is 11.5. The Bertz CT molecular complexity index is 448. The molecule has 0 unspecified atom stereocenters. The summed E-state index contributed by atoms with van der Waals surface area (Å²) >= 11 is 11.7. The Morgan fingerprint density at radius 1 is 0.688 bits per heavy atom. The fraction of sp³-hybridized carbons (Fsp3) is 0. The number of halogens is 2. The van der Waals surface area contributed by atoms with E-state index >= 15 is 0 Å². The van der Waals surface area contributed by atoms with Crippen LogP contribution < -0.4 is 0 Å². The molecule has 0 fully saturated rings. The molecular weight excluding hydrogens is 239 g/mol. The minimum absolute atomic E-state index is 0.729. The molecule has 0 spiro atoms. The van der Waals surface area contributed by atoms with Crippen molar-refractivity contribution in [1.82, 2.24) is 0 Å². The largest absolute Gasteiger partial charge is 0.0906 e. The third-order valence-electron chi connectivity index (χ3n) is 2.39. The van der Waals surface area contributed by atoms with Crippen LogP contribution in [0.2, 0.25) is 10.0 Å². The molecule has 0 atom stereocenters. The van der Waals surface area contributed by atoms with Crippen molar-refractivity contribution in [3.8, 4) is 0 Å². The molecule has 0 aliphatic heterocycles. The lowest BCUT2D eigenvalue weighted by Crippen LogP contribution is -1.85. The Balaban J connectivity index is 2.32. The second kappa shape index (κ2) is 4.73. The van der Waals surface area contributed by atoms with E-state index in [2.05, 4.69) is 6.58 Å². The average molecular weight is 249 g/mol.